The summed E-state index contributed by atoms with van der Waals surface area (Å²) in [5.41, 5.74) is 2.99. The third-order valence-electron chi connectivity index (χ3n) is 2.75. The average molecular weight is 315 g/mol. The van der Waals surface area contributed by atoms with Crippen LogP contribution in [0.1, 0.15) is 0 Å². The smallest absolute Gasteiger partial charge is 0.159 e. The number of hydrogen-bond donors (Lipinski definition) is 0. The largest absolute Gasteiger partial charge is 0.275 e. The van der Waals surface area contributed by atoms with Gasteiger partial charge in [-0.25, -0.2) is 9.97 Å². The van der Waals surface area contributed by atoms with E-state index in [1.807, 2.05) is 43.6 Å². The van der Waals surface area contributed by atoms with Gasteiger partial charge in [0.05, 0.1) is 10.2 Å². The lowest BCUT2D eigenvalue weighted by Gasteiger charge is -2.02. The minimum atomic E-state index is 0.709. The molecule has 0 unspecified atom stereocenters. The first-order valence-corrected chi connectivity index (χ1v) is 6.60. The lowest BCUT2D eigenvalue weighted by atomic mass is 10.1. The molecule has 2 aromatic heterocycles. The molecule has 0 bridgehead atoms. The van der Waals surface area contributed by atoms with Crippen LogP contribution in [0.25, 0.3) is 22.6 Å². The monoisotopic (exact) mass is 314 g/mol. The number of nitrogens with zero attached hydrogens (tertiary/aromatic N) is 4. The fourth-order valence-corrected chi connectivity index (χ4v) is 2.05. The van der Waals surface area contributed by atoms with Gasteiger partial charge in [0.1, 0.15) is 0 Å². The van der Waals surface area contributed by atoms with Crippen LogP contribution < -0.4 is 0 Å². The number of aromatic nitrogens is 4. The highest BCUT2D eigenvalue weighted by atomic mass is 79.9. The molecule has 4 nitrogen and oxygen atoms in total. The Morgan fingerprint density at radius 1 is 1.05 bits per heavy atom. The van der Waals surface area contributed by atoms with Crippen molar-refractivity contribution in [2.24, 2.45) is 7.05 Å². The molecule has 0 spiro atoms. The van der Waals surface area contributed by atoms with E-state index in [9.17, 15) is 0 Å². The minimum absolute atomic E-state index is 0.709. The molecule has 0 aliphatic heterocycles. The van der Waals surface area contributed by atoms with E-state index < -0.39 is 0 Å². The summed E-state index contributed by atoms with van der Waals surface area (Å²) in [5, 5.41) is 4.40. The van der Waals surface area contributed by atoms with Gasteiger partial charge in [0, 0.05) is 36.8 Å². The van der Waals surface area contributed by atoms with E-state index in [-0.39, 0.29) is 0 Å². The molecule has 0 aliphatic carbocycles. The van der Waals surface area contributed by atoms with Crippen LogP contribution in [0.2, 0.25) is 0 Å². The van der Waals surface area contributed by atoms with Crippen LogP contribution >= 0.6 is 15.9 Å². The molecule has 5 heteroatoms. The lowest BCUT2D eigenvalue weighted by Crippen LogP contribution is -1.90. The highest BCUT2D eigenvalue weighted by Gasteiger charge is 2.05. The summed E-state index contributed by atoms with van der Waals surface area (Å²) < 4.78 is 2.66. The van der Waals surface area contributed by atoms with Crippen LogP contribution in [-0.4, -0.2) is 19.7 Å². The molecule has 0 atom stereocenters. The second-order valence-electron chi connectivity index (χ2n) is 4.18. The first kappa shape index (κ1) is 12.0. The van der Waals surface area contributed by atoms with Crippen LogP contribution in [0.3, 0.4) is 0 Å². The number of hydrogen-bond acceptors (Lipinski definition) is 3. The molecule has 19 heavy (non-hydrogen) atoms. The molecule has 2 heterocycles. The maximum atomic E-state index is 4.40. The Balaban J connectivity index is 2.02. The highest BCUT2D eigenvalue weighted by Crippen LogP contribution is 2.23. The molecule has 0 N–H and O–H groups in total. The van der Waals surface area contributed by atoms with Gasteiger partial charge in [-0.3, -0.25) is 4.68 Å². The molecule has 0 fully saturated rings. The number of aryl methyl sites for hydroxylation is 1. The summed E-state index contributed by atoms with van der Waals surface area (Å²) in [6.07, 6.45) is 5.42. The van der Waals surface area contributed by atoms with E-state index >= 15 is 0 Å². The van der Waals surface area contributed by atoms with E-state index in [0.29, 0.717) is 5.82 Å². The Morgan fingerprint density at radius 2 is 1.79 bits per heavy atom. The van der Waals surface area contributed by atoms with Crippen molar-refractivity contribution < 1.29 is 0 Å². The summed E-state index contributed by atoms with van der Waals surface area (Å²) >= 11 is 3.33. The summed E-state index contributed by atoms with van der Waals surface area (Å²) in [5.74, 6) is 0.709. The van der Waals surface area contributed by atoms with Gasteiger partial charge in [-0.05, 0) is 28.1 Å². The molecule has 1 aromatic carbocycles. The van der Waals surface area contributed by atoms with Crippen molar-refractivity contribution in [2.75, 3.05) is 0 Å². The number of rotatable bonds is 2. The maximum Gasteiger partial charge on any atom is 0.159 e. The van der Waals surface area contributed by atoms with Crippen molar-refractivity contribution in [1.29, 1.82) is 0 Å². The minimum Gasteiger partial charge on any atom is -0.275 e. The Labute approximate surface area is 119 Å². The highest BCUT2D eigenvalue weighted by molar-refractivity contribution is 9.10. The van der Waals surface area contributed by atoms with Crippen LogP contribution in [0.4, 0.5) is 0 Å². The van der Waals surface area contributed by atoms with Gasteiger partial charge >= 0.3 is 0 Å². The van der Waals surface area contributed by atoms with E-state index in [1.165, 1.54) is 0 Å². The van der Waals surface area contributed by atoms with Crippen molar-refractivity contribution in [3.8, 4) is 22.6 Å². The normalized spacial score (nSPS) is 10.6. The quantitative estimate of drug-likeness (QED) is 0.729. The van der Waals surface area contributed by atoms with Crippen molar-refractivity contribution >= 4 is 15.9 Å². The zero-order valence-corrected chi connectivity index (χ0v) is 11.9. The molecule has 0 amide bonds. The van der Waals surface area contributed by atoms with Crippen molar-refractivity contribution in [1.82, 2.24) is 19.7 Å². The molecule has 3 rings (SSSR count). The second kappa shape index (κ2) is 4.93. The Morgan fingerprint density at radius 3 is 2.47 bits per heavy atom. The van der Waals surface area contributed by atoms with Gasteiger partial charge in [0.15, 0.2) is 5.82 Å². The molecule has 3 aromatic rings. The van der Waals surface area contributed by atoms with E-state index in [1.54, 1.807) is 17.1 Å². The maximum absolute atomic E-state index is 4.40. The zero-order valence-electron chi connectivity index (χ0n) is 10.3. The molecular weight excluding hydrogens is 304 g/mol. The first-order chi connectivity index (χ1) is 9.22. The predicted octanol–water partition coefficient (Wildman–Crippen LogP) is 3.31. The van der Waals surface area contributed by atoms with Crippen LogP contribution in [-0.2, 0) is 7.05 Å². The Bertz CT molecular complexity index is 703. The summed E-state index contributed by atoms with van der Waals surface area (Å²) in [7, 11) is 1.91. The van der Waals surface area contributed by atoms with E-state index in [4.69, 9.17) is 0 Å². The number of benzene rings is 1. The second-order valence-corrected chi connectivity index (χ2v) is 5.10. The molecule has 0 radical (unpaired) electrons. The standard InChI is InChI=1S/C14H11BrN4/c1-19-6-5-13(18-19)10-3-2-4-11(7-10)14-16-8-12(15)9-17-14/h2-9H,1H3. The van der Waals surface area contributed by atoms with Crippen molar-refractivity contribution in [3.05, 3.63) is 53.4 Å². The van der Waals surface area contributed by atoms with Gasteiger partial charge in [-0.15, -0.1) is 0 Å². The predicted molar refractivity (Wildman–Crippen MR) is 77.4 cm³/mol. The molecule has 94 valence electrons. The molecule has 0 saturated carbocycles. The summed E-state index contributed by atoms with van der Waals surface area (Å²) in [6, 6.07) is 10.1. The third kappa shape index (κ3) is 2.56. The van der Waals surface area contributed by atoms with Crippen molar-refractivity contribution in [3.63, 3.8) is 0 Å². The molecule has 0 aliphatic rings. The average Bonchev–Trinajstić information content (AvgIpc) is 2.86. The number of halogens is 1. The fraction of sp³-hybridized carbons (Fsp3) is 0.0714. The van der Waals surface area contributed by atoms with Crippen molar-refractivity contribution in [2.45, 2.75) is 0 Å². The van der Waals surface area contributed by atoms with Gasteiger partial charge in [0.2, 0.25) is 0 Å². The van der Waals surface area contributed by atoms with Gasteiger partial charge in [-0.2, -0.15) is 5.10 Å². The topological polar surface area (TPSA) is 43.6 Å². The van der Waals surface area contributed by atoms with Gasteiger partial charge in [-0.1, -0.05) is 18.2 Å². The van der Waals surface area contributed by atoms with Crippen LogP contribution in [0, 0.1) is 0 Å². The van der Waals surface area contributed by atoms with Gasteiger partial charge < -0.3 is 0 Å². The molecule has 0 saturated heterocycles. The lowest BCUT2D eigenvalue weighted by molar-refractivity contribution is 0.771. The zero-order chi connectivity index (χ0) is 13.2. The third-order valence-corrected chi connectivity index (χ3v) is 3.16. The fourth-order valence-electron chi connectivity index (χ4n) is 1.85. The summed E-state index contributed by atoms with van der Waals surface area (Å²) in [4.78, 5) is 8.61. The van der Waals surface area contributed by atoms with E-state index in [0.717, 1.165) is 21.3 Å². The van der Waals surface area contributed by atoms with Crippen LogP contribution in [0.5, 0.6) is 0 Å². The Hall–Kier alpha value is -2.01. The molecular formula is C14H11BrN4. The Kier molecular flexibility index (Phi) is 3.13. The van der Waals surface area contributed by atoms with E-state index in [2.05, 4.69) is 31.0 Å². The first-order valence-electron chi connectivity index (χ1n) is 5.80. The SMILES string of the molecule is Cn1ccc(-c2cccc(-c3ncc(Br)cn3)c2)n1. The van der Waals surface area contributed by atoms with Crippen LogP contribution in [0.15, 0.2) is 53.4 Å². The van der Waals surface area contributed by atoms with Gasteiger partial charge in [0.25, 0.3) is 0 Å². The summed E-state index contributed by atoms with van der Waals surface area (Å²) in [6.45, 7) is 0.